The molecule has 0 aliphatic carbocycles. The monoisotopic (exact) mass is 539 g/mol. The lowest BCUT2D eigenvalue weighted by Gasteiger charge is -2.23. The van der Waals surface area contributed by atoms with Gasteiger partial charge in [0.1, 0.15) is 22.1 Å². The molecule has 1 fully saturated rings. The van der Waals surface area contributed by atoms with Crippen molar-refractivity contribution in [2.24, 2.45) is 12.8 Å². The Kier molecular flexibility index (Phi) is 6.74. The molecule has 200 valence electrons. The van der Waals surface area contributed by atoms with E-state index in [-0.39, 0.29) is 16.9 Å². The Morgan fingerprint density at radius 2 is 2.03 bits per heavy atom. The van der Waals surface area contributed by atoms with Gasteiger partial charge in [0.2, 0.25) is 5.95 Å². The van der Waals surface area contributed by atoms with Gasteiger partial charge in [0, 0.05) is 37.0 Å². The van der Waals surface area contributed by atoms with E-state index in [1.165, 1.54) is 24.5 Å². The van der Waals surface area contributed by atoms with Crippen LogP contribution in [0.15, 0.2) is 36.8 Å². The second kappa shape index (κ2) is 9.88. The van der Waals surface area contributed by atoms with E-state index in [1.54, 1.807) is 4.57 Å². The number of halogens is 2. The number of aromatic nitrogens is 6. The van der Waals surface area contributed by atoms with Gasteiger partial charge in [0.15, 0.2) is 23.0 Å². The highest BCUT2D eigenvalue weighted by Gasteiger charge is 2.29. The molecule has 0 bridgehead atoms. The number of nitrogens with two attached hydrogens (primary N) is 1. The van der Waals surface area contributed by atoms with Crippen LogP contribution in [0, 0.1) is 5.82 Å². The van der Waals surface area contributed by atoms with E-state index in [4.69, 9.17) is 27.2 Å². The molecule has 38 heavy (non-hydrogen) atoms. The second-order valence-corrected chi connectivity index (χ2v) is 10.9. The van der Waals surface area contributed by atoms with Crippen LogP contribution in [0.3, 0.4) is 0 Å². The van der Waals surface area contributed by atoms with Crippen molar-refractivity contribution < 1.29 is 9.13 Å². The Bertz CT molecular complexity index is 1500. The topological polar surface area (TPSA) is 112 Å². The SMILES string of the molecule is CN1CC[C@@H](n2nc(Nc3nc4ncc(O/C(=C/N)c5ccc(F)cn5)c(Cl)c4n3C)cc2C(C)(C)C)C1. The third kappa shape index (κ3) is 4.91. The van der Waals surface area contributed by atoms with Crippen molar-refractivity contribution in [2.45, 2.75) is 38.6 Å². The zero-order valence-electron chi connectivity index (χ0n) is 22.0. The second-order valence-electron chi connectivity index (χ2n) is 10.5. The highest BCUT2D eigenvalue weighted by atomic mass is 35.5. The van der Waals surface area contributed by atoms with Gasteiger partial charge in [-0.2, -0.15) is 10.1 Å². The molecule has 0 radical (unpaired) electrons. The number of hydrogen-bond acceptors (Lipinski definition) is 8. The zero-order valence-corrected chi connectivity index (χ0v) is 22.8. The predicted molar refractivity (Wildman–Crippen MR) is 146 cm³/mol. The first-order chi connectivity index (χ1) is 18.0. The number of nitrogens with zero attached hydrogens (tertiary/aromatic N) is 7. The van der Waals surface area contributed by atoms with Crippen LogP contribution in [0.25, 0.3) is 16.9 Å². The summed E-state index contributed by atoms with van der Waals surface area (Å²) in [6.45, 7) is 8.58. The molecule has 1 saturated heterocycles. The van der Waals surface area contributed by atoms with E-state index in [1.807, 2.05) is 7.05 Å². The molecule has 0 amide bonds. The van der Waals surface area contributed by atoms with Gasteiger partial charge in [-0.15, -0.1) is 0 Å². The molecular formula is C26H31ClFN9O. The normalized spacial score (nSPS) is 16.9. The van der Waals surface area contributed by atoms with Crippen molar-refractivity contribution in [1.29, 1.82) is 0 Å². The fraction of sp³-hybridized carbons (Fsp3) is 0.385. The quantitative estimate of drug-likeness (QED) is 0.342. The van der Waals surface area contributed by atoms with Crippen molar-refractivity contribution >= 4 is 40.3 Å². The zero-order chi connectivity index (χ0) is 27.2. The molecule has 1 aliphatic heterocycles. The molecule has 0 spiro atoms. The van der Waals surface area contributed by atoms with Crippen molar-refractivity contribution in [3.05, 3.63) is 59.0 Å². The molecule has 4 aromatic heterocycles. The predicted octanol–water partition coefficient (Wildman–Crippen LogP) is 4.61. The number of aryl methyl sites for hydroxylation is 1. The largest absolute Gasteiger partial charge is 0.450 e. The number of hydrogen-bond donors (Lipinski definition) is 2. The summed E-state index contributed by atoms with van der Waals surface area (Å²) in [4.78, 5) is 15.4. The van der Waals surface area contributed by atoms with E-state index >= 15 is 0 Å². The van der Waals surface area contributed by atoms with Crippen molar-refractivity contribution in [3.63, 3.8) is 0 Å². The van der Waals surface area contributed by atoms with Gasteiger partial charge < -0.3 is 25.3 Å². The molecule has 5 heterocycles. The smallest absolute Gasteiger partial charge is 0.210 e. The van der Waals surface area contributed by atoms with Gasteiger partial charge in [-0.1, -0.05) is 32.4 Å². The number of anilines is 2. The molecule has 0 saturated carbocycles. The Balaban J connectivity index is 1.45. The van der Waals surface area contributed by atoms with Gasteiger partial charge in [-0.3, -0.25) is 4.68 Å². The lowest BCUT2D eigenvalue weighted by atomic mass is 9.91. The fourth-order valence-electron chi connectivity index (χ4n) is 4.63. The lowest BCUT2D eigenvalue weighted by molar-refractivity contribution is 0.366. The molecule has 0 unspecified atom stereocenters. The van der Waals surface area contributed by atoms with Gasteiger partial charge in [-0.25, -0.2) is 14.4 Å². The first kappa shape index (κ1) is 25.9. The number of likely N-dealkylation sites (tertiary alicyclic amines) is 1. The van der Waals surface area contributed by atoms with E-state index in [0.29, 0.717) is 39.7 Å². The highest BCUT2D eigenvalue weighted by molar-refractivity contribution is 6.36. The maximum atomic E-state index is 13.3. The van der Waals surface area contributed by atoms with Crippen LogP contribution in [-0.2, 0) is 12.5 Å². The standard InChI is InChI=1S/C26H31ClFN9O/c1-26(2,3)20-10-21(34-37(20)16-8-9-35(4)14-16)32-25-33-24-23(36(25)5)22(27)19(13-31-24)38-18(11-29)17-7-6-15(28)12-30-17/h6-7,10-13,16H,8-9,14,29H2,1-5H3,(H,31,32,33,34)/b18-11+/t16-/m1/s1. The van der Waals surface area contributed by atoms with Crippen LogP contribution in [0.2, 0.25) is 5.02 Å². The van der Waals surface area contributed by atoms with Crippen molar-refractivity contribution in [2.75, 3.05) is 25.5 Å². The molecule has 5 rings (SSSR count). The Morgan fingerprint density at radius 1 is 1.24 bits per heavy atom. The summed E-state index contributed by atoms with van der Waals surface area (Å²) in [5.41, 5.74) is 8.20. The molecule has 4 aromatic rings. The van der Waals surface area contributed by atoms with E-state index < -0.39 is 5.82 Å². The van der Waals surface area contributed by atoms with Crippen LogP contribution < -0.4 is 15.8 Å². The minimum atomic E-state index is -0.462. The highest BCUT2D eigenvalue weighted by Crippen LogP contribution is 2.36. The average molecular weight is 540 g/mol. The van der Waals surface area contributed by atoms with Gasteiger partial charge >= 0.3 is 0 Å². The molecule has 10 nitrogen and oxygen atoms in total. The Hall–Kier alpha value is -3.70. The molecular weight excluding hydrogens is 509 g/mol. The van der Waals surface area contributed by atoms with Crippen LogP contribution >= 0.6 is 11.6 Å². The average Bonchev–Trinajstić information content (AvgIpc) is 3.57. The number of fused-ring (bicyclic) bond motifs is 1. The Labute approximate surface area is 225 Å². The summed E-state index contributed by atoms with van der Waals surface area (Å²) in [6, 6.07) is 5.14. The van der Waals surface area contributed by atoms with Crippen molar-refractivity contribution in [1.82, 2.24) is 34.2 Å². The molecule has 12 heteroatoms. The third-order valence-corrected chi connectivity index (χ3v) is 6.98. The molecule has 0 aromatic carbocycles. The molecule has 1 atom stereocenters. The minimum Gasteiger partial charge on any atom is -0.450 e. The van der Waals surface area contributed by atoms with Crippen LogP contribution in [0.1, 0.15) is 44.6 Å². The van der Waals surface area contributed by atoms with Crippen LogP contribution in [0.4, 0.5) is 16.2 Å². The van der Waals surface area contributed by atoms with Gasteiger partial charge in [-0.05, 0) is 32.1 Å². The lowest BCUT2D eigenvalue weighted by Crippen LogP contribution is -2.24. The van der Waals surface area contributed by atoms with Crippen molar-refractivity contribution in [3.8, 4) is 5.75 Å². The minimum absolute atomic E-state index is 0.0782. The van der Waals surface area contributed by atoms with Gasteiger partial charge in [0.25, 0.3) is 0 Å². The summed E-state index contributed by atoms with van der Waals surface area (Å²) in [5.74, 6) is 1.25. The summed E-state index contributed by atoms with van der Waals surface area (Å²) in [6.07, 6.45) is 4.85. The van der Waals surface area contributed by atoms with E-state index in [2.05, 4.69) is 63.7 Å². The summed E-state index contributed by atoms with van der Waals surface area (Å²) in [7, 11) is 3.97. The first-order valence-corrected chi connectivity index (χ1v) is 12.7. The number of rotatable bonds is 6. The number of imidazole rings is 1. The Morgan fingerprint density at radius 3 is 2.66 bits per heavy atom. The van der Waals surface area contributed by atoms with E-state index in [9.17, 15) is 4.39 Å². The summed E-state index contributed by atoms with van der Waals surface area (Å²) < 4.78 is 23.2. The number of likely N-dealkylation sites (N-methyl/N-ethyl adjacent to an activating group) is 1. The third-order valence-electron chi connectivity index (χ3n) is 6.61. The summed E-state index contributed by atoms with van der Waals surface area (Å²) in [5, 5.41) is 8.57. The number of pyridine rings is 2. The summed E-state index contributed by atoms with van der Waals surface area (Å²) >= 11 is 6.74. The molecule has 1 aliphatic rings. The van der Waals surface area contributed by atoms with Gasteiger partial charge in [0.05, 0.1) is 18.4 Å². The number of nitrogens with one attached hydrogen (secondary N) is 1. The first-order valence-electron chi connectivity index (χ1n) is 12.3. The van der Waals surface area contributed by atoms with E-state index in [0.717, 1.165) is 31.4 Å². The maximum absolute atomic E-state index is 13.3. The van der Waals surface area contributed by atoms with Crippen LogP contribution in [-0.4, -0.2) is 54.3 Å². The fourth-order valence-corrected chi connectivity index (χ4v) is 4.93. The number of ether oxygens (including phenoxy) is 1. The maximum Gasteiger partial charge on any atom is 0.210 e. The molecule has 3 N–H and O–H groups in total. The van der Waals surface area contributed by atoms with Crippen LogP contribution in [0.5, 0.6) is 5.75 Å².